The third-order valence-corrected chi connectivity index (χ3v) is 6.48. The molecule has 1 saturated heterocycles. The van der Waals surface area contributed by atoms with E-state index in [4.69, 9.17) is 4.98 Å². The summed E-state index contributed by atoms with van der Waals surface area (Å²) >= 11 is 0. The molecule has 0 radical (unpaired) electrons. The van der Waals surface area contributed by atoms with Gasteiger partial charge in [-0.2, -0.15) is 0 Å². The molecule has 1 amide bonds. The molecule has 1 aromatic heterocycles. The Hall–Kier alpha value is -3.74. The van der Waals surface area contributed by atoms with Crippen LogP contribution in [0.1, 0.15) is 24.0 Å². The van der Waals surface area contributed by atoms with E-state index >= 15 is 0 Å². The average molecular weight is 461 g/mol. The average Bonchev–Trinajstić information content (AvgIpc) is 3.23. The maximum Gasteiger partial charge on any atom is 0.223 e. The monoisotopic (exact) mass is 460 g/mol. The van der Waals surface area contributed by atoms with Crippen LogP contribution in [-0.4, -0.2) is 28.5 Å². The van der Waals surface area contributed by atoms with E-state index in [2.05, 4.69) is 10.2 Å². The van der Waals surface area contributed by atoms with Crippen molar-refractivity contribution in [1.82, 2.24) is 14.9 Å². The largest absolute Gasteiger partial charge is 0.352 e. The first-order chi connectivity index (χ1) is 16.6. The topological polar surface area (TPSA) is 50.2 Å². The highest BCUT2D eigenvalue weighted by molar-refractivity contribution is 5.80. The fourth-order valence-corrected chi connectivity index (χ4v) is 4.57. The number of piperidine rings is 1. The molecular weight excluding hydrogens is 434 g/mol. The van der Waals surface area contributed by atoms with Gasteiger partial charge in [0.1, 0.15) is 11.6 Å². The molecule has 0 aliphatic carbocycles. The molecule has 7 heteroatoms. The number of anilines is 1. The molecular formula is C27H26F2N4O. The highest BCUT2D eigenvalue weighted by Crippen LogP contribution is 2.28. The van der Waals surface area contributed by atoms with E-state index in [1.165, 1.54) is 12.1 Å². The van der Waals surface area contributed by atoms with Gasteiger partial charge in [-0.05, 0) is 37.1 Å². The maximum atomic E-state index is 14.4. The van der Waals surface area contributed by atoms with Crippen LogP contribution in [0, 0.1) is 17.6 Å². The zero-order valence-corrected chi connectivity index (χ0v) is 18.8. The third kappa shape index (κ3) is 4.51. The van der Waals surface area contributed by atoms with Gasteiger partial charge in [-0.15, -0.1) is 0 Å². The Kier molecular flexibility index (Phi) is 6.25. The second-order valence-corrected chi connectivity index (χ2v) is 8.65. The molecule has 0 bridgehead atoms. The molecule has 2 heterocycles. The number of carbonyl (C=O) groups is 1. The summed E-state index contributed by atoms with van der Waals surface area (Å²) in [6, 6.07) is 21.1. The standard InChI is InChI=1S/C27H26F2N4O/c28-22-9-3-1-7-20(22)17-30-26(34)19-13-15-32(16-14-19)27-31-24-11-5-6-12-25(24)33(27)18-21-8-2-4-10-23(21)29/h1-12,19H,13-18H2,(H,30,34). The molecule has 174 valence electrons. The van der Waals surface area contributed by atoms with Gasteiger partial charge in [0, 0.05) is 36.7 Å². The number of aromatic nitrogens is 2. The molecule has 0 saturated carbocycles. The lowest BCUT2D eigenvalue weighted by atomic mass is 9.96. The van der Waals surface area contributed by atoms with E-state index in [0.29, 0.717) is 43.6 Å². The molecule has 1 fully saturated rings. The molecule has 4 aromatic rings. The van der Waals surface area contributed by atoms with Crippen molar-refractivity contribution in [3.8, 4) is 0 Å². The lowest BCUT2D eigenvalue weighted by molar-refractivity contribution is -0.125. The summed E-state index contributed by atoms with van der Waals surface area (Å²) in [7, 11) is 0. The molecule has 5 rings (SSSR count). The highest BCUT2D eigenvalue weighted by atomic mass is 19.1. The number of carbonyl (C=O) groups excluding carboxylic acids is 1. The summed E-state index contributed by atoms with van der Waals surface area (Å²) in [6.45, 7) is 1.90. The van der Waals surface area contributed by atoms with Gasteiger partial charge in [0.05, 0.1) is 17.6 Å². The number of fused-ring (bicyclic) bond motifs is 1. The van der Waals surface area contributed by atoms with Gasteiger partial charge in [0.2, 0.25) is 11.9 Å². The Morgan fingerprint density at radius 2 is 1.50 bits per heavy atom. The number of para-hydroxylation sites is 2. The van der Waals surface area contributed by atoms with E-state index in [9.17, 15) is 13.6 Å². The summed E-state index contributed by atoms with van der Waals surface area (Å²) in [6.07, 6.45) is 1.35. The number of rotatable bonds is 6. The zero-order chi connectivity index (χ0) is 23.5. The molecule has 0 atom stereocenters. The summed E-state index contributed by atoms with van der Waals surface area (Å²) in [4.78, 5) is 19.7. The van der Waals surface area contributed by atoms with Crippen molar-refractivity contribution in [2.45, 2.75) is 25.9 Å². The van der Waals surface area contributed by atoms with E-state index in [1.807, 2.05) is 34.9 Å². The number of halogens is 2. The predicted octanol–water partition coefficient (Wildman–Crippen LogP) is 4.90. The van der Waals surface area contributed by atoms with Gasteiger partial charge in [-0.1, -0.05) is 48.5 Å². The second kappa shape index (κ2) is 9.63. The van der Waals surface area contributed by atoms with Crippen LogP contribution >= 0.6 is 0 Å². The van der Waals surface area contributed by atoms with Crippen molar-refractivity contribution in [3.05, 3.63) is 95.6 Å². The van der Waals surface area contributed by atoms with Gasteiger partial charge in [0.25, 0.3) is 0 Å². The maximum absolute atomic E-state index is 14.4. The van der Waals surface area contributed by atoms with E-state index < -0.39 is 0 Å². The van der Waals surface area contributed by atoms with Gasteiger partial charge in [-0.25, -0.2) is 13.8 Å². The fraction of sp³-hybridized carbons (Fsp3) is 0.259. The van der Waals surface area contributed by atoms with Crippen LogP contribution in [0.25, 0.3) is 11.0 Å². The summed E-state index contributed by atoms with van der Waals surface area (Å²) in [5.41, 5.74) is 2.90. The fourth-order valence-electron chi connectivity index (χ4n) is 4.57. The number of benzene rings is 3. The van der Waals surface area contributed by atoms with Gasteiger partial charge in [-0.3, -0.25) is 4.79 Å². The van der Waals surface area contributed by atoms with Crippen LogP contribution in [0.4, 0.5) is 14.7 Å². The van der Waals surface area contributed by atoms with Crippen LogP contribution in [0.3, 0.4) is 0 Å². The van der Waals surface area contributed by atoms with E-state index in [1.54, 1.807) is 30.3 Å². The Morgan fingerprint density at radius 1 is 0.882 bits per heavy atom. The normalized spacial score (nSPS) is 14.5. The Balaban J connectivity index is 1.29. The summed E-state index contributed by atoms with van der Waals surface area (Å²) < 4.78 is 30.3. The van der Waals surface area contributed by atoms with Crippen LogP contribution in [0.5, 0.6) is 0 Å². The lowest BCUT2D eigenvalue weighted by Crippen LogP contribution is -2.41. The Morgan fingerprint density at radius 3 is 2.21 bits per heavy atom. The first-order valence-electron chi connectivity index (χ1n) is 11.5. The number of amides is 1. The Bertz CT molecular complexity index is 1310. The summed E-state index contributed by atoms with van der Waals surface area (Å²) in [5.74, 6) is 0.0488. The molecule has 1 aliphatic heterocycles. The number of hydrogen-bond acceptors (Lipinski definition) is 3. The molecule has 1 aliphatic rings. The second-order valence-electron chi connectivity index (χ2n) is 8.65. The van der Waals surface area contributed by atoms with Gasteiger partial charge in [0.15, 0.2) is 0 Å². The van der Waals surface area contributed by atoms with Crippen molar-refractivity contribution < 1.29 is 13.6 Å². The highest BCUT2D eigenvalue weighted by Gasteiger charge is 2.28. The van der Waals surface area contributed by atoms with Crippen molar-refractivity contribution in [2.75, 3.05) is 18.0 Å². The third-order valence-electron chi connectivity index (χ3n) is 6.48. The predicted molar refractivity (Wildman–Crippen MR) is 128 cm³/mol. The number of nitrogens with one attached hydrogen (secondary N) is 1. The van der Waals surface area contributed by atoms with E-state index in [0.717, 1.165) is 17.0 Å². The first kappa shape index (κ1) is 22.1. The van der Waals surface area contributed by atoms with Crippen LogP contribution in [-0.2, 0) is 17.9 Å². The molecule has 34 heavy (non-hydrogen) atoms. The van der Waals surface area contributed by atoms with Crippen molar-refractivity contribution in [1.29, 1.82) is 0 Å². The minimum absolute atomic E-state index is 0.0530. The van der Waals surface area contributed by atoms with Gasteiger partial charge < -0.3 is 14.8 Å². The van der Waals surface area contributed by atoms with Crippen LogP contribution < -0.4 is 10.2 Å². The minimum Gasteiger partial charge on any atom is -0.352 e. The van der Waals surface area contributed by atoms with E-state index in [-0.39, 0.29) is 30.0 Å². The first-order valence-corrected chi connectivity index (χ1v) is 11.5. The van der Waals surface area contributed by atoms with Crippen LogP contribution in [0.15, 0.2) is 72.8 Å². The number of nitrogens with zero attached hydrogens (tertiary/aromatic N) is 3. The van der Waals surface area contributed by atoms with Crippen molar-refractivity contribution in [3.63, 3.8) is 0 Å². The lowest BCUT2D eigenvalue weighted by Gasteiger charge is -2.32. The molecule has 0 unspecified atom stereocenters. The van der Waals surface area contributed by atoms with Crippen LogP contribution in [0.2, 0.25) is 0 Å². The Labute approximate surface area is 197 Å². The number of imidazole rings is 1. The van der Waals surface area contributed by atoms with Gasteiger partial charge >= 0.3 is 0 Å². The molecule has 0 spiro atoms. The smallest absolute Gasteiger partial charge is 0.223 e. The molecule has 1 N–H and O–H groups in total. The minimum atomic E-state index is -0.314. The molecule has 5 nitrogen and oxygen atoms in total. The SMILES string of the molecule is O=C(NCc1ccccc1F)C1CCN(c2nc3ccccc3n2Cc2ccccc2F)CC1. The zero-order valence-electron chi connectivity index (χ0n) is 18.8. The quantitative estimate of drug-likeness (QED) is 0.446. The van der Waals surface area contributed by atoms with Crippen molar-refractivity contribution in [2.24, 2.45) is 5.92 Å². The molecule has 3 aromatic carbocycles. The number of hydrogen-bond donors (Lipinski definition) is 1. The summed E-state index contributed by atoms with van der Waals surface area (Å²) in [5, 5.41) is 2.88. The van der Waals surface area contributed by atoms with Crippen molar-refractivity contribution >= 4 is 22.9 Å².